The second-order valence-corrected chi connectivity index (χ2v) is 5.37. The zero-order valence-electron chi connectivity index (χ0n) is 12.7. The van der Waals surface area contributed by atoms with E-state index in [9.17, 15) is 0 Å². The van der Waals surface area contributed by atoms with Crippen LogP contribution in [0.1, 0.15) is 25.5 Å². The molecular weight excluding hydrogens is 264 g/mol. The highest BCUT2D eigenvalue weighted by Crippen LogP contribution is 2.39. The lowest BCUT2D eigenvalue weighted by atomic mass is 10.2. The third-order valence-electron chi connectivity index (χ3n) is 3.78. The zero-order chi connectivity index (χ0) is 14.8. The lowest BCUT2D eigenvalue weighted by Gasteiger charge is -2.25. The number of fused-ring (bicyclic) bond motifs is 1. The molecular formula is C16H22N4O. The quantitative estimate of drug-likeness (QED) is 0.942. The molecule has 2 heterocycles. The maximum atomic E-state index is 6.31. The van der Waals surface area contributed by atoms with Gasteiger partial charge < -0.3 is 15.4 Å². The molecule has 21 heavy (non-hydrogen) atoms. The average Bonchev–Trinajstić information content (AvgIpc) is 2.67. The maximum absolute atomic E-state index is 6.31. The van der Waals surface area contributed by atoms with Gasteiger partial charge in [0.15, 0.2) is 5.82 Å². The van der Waals surface area contributed by atoms with Gasteiger partial charge in [-0.05, 0) is 31.9 Å². The number of para-hydroxylation sites is 2. The molecule has 0 saturated heterocycles. The van der Waals surface area contributed by atoms with Crippen molar-refractivity contribution in [2.75, 3.05) is 23.8 Å². The second kappa shape index (κ2) is 5.68. The fraction of sp³-hybridized carbons (Fsp3) is 0.438. The van der Waals surface area contributed by atoms with Gasteiger partial charge >= 0.3 is 0 Å². The number of rotatable bonds is 3. The Morgan fingerprint density at radius 1 is 1.33 bits per heavy atom. The van der Waals surface area contributed by atoms with Crippen molar-refractivity contribution in [2.24, 2.45) is 0 Å². The van der Waals surface area contributed by atoms with Gasteiger partial charge in [0, 0.05) is 13.1 Å². The van der Waals surface area contributed by atoms with Crippen molar-refractivity contribution in [1.29, 1.82) is 0 Å². The Labute approximate surface area is 125 Å². The molecule has 3 rings (SSSR count). The summed E-state index contributed by atoms with van der Waals surface area (Å²) < 4.78 is 7.86. The summed E-state index contributed by atoms with van der Waals surface area (Å²) in [5.41, 5.74) is 9.03. The molecule has 0 spiro atoms. The summed E-state index contributed by atoms with van der Waals surface area (Å²) in [4.78, 5) is 2.24. The van der Waals surface area contributed by atoms with E-state index in [1.54, 1.807) is 0 Å². The highest BCUT2D eigenvalue weighted by molar-refractivity contribution is 5.76. The van der Waals surface area contributed by atoms with Crippen molar-refractivity contribution in [2.45, 2.75) is 33.2 Å². The molecule has 0 fully saturated rings. The molecule has 112 valence electrons. The first-order chi connectivity index (χ1) is 10.2. The van der Waals surface area contributed by atoms with Gasteiger partial charge in [-0.2, -0.15) is 5.10 Å². The lowest BCUT2D eigenvalue weighted by molar-refractivity contribution is 0.322. The number of ether oxygens (including phenoxy) is 1. The van der Waals surface area contributed by atoms with Crippen LogP contribution in [0.4, 0.5) is 17.2 Å². The van der Waals surface area contributed by atoms with Gasteiger partial charge in [-0.3, -0.25) is 0 Å². The van der Waals surface area contributed by atoms with Crippen molar-refractivity contribution in [3.8, 4) is 5.75 Å². The molecule has 0 unspecified atom stereocenters. The molecule has 0 bridgehead atoms. The van der Waals surface area contributed by atoms with E-state index in [4.69, 9.17) is 10.5 Å². The molecule has 5 nitrogen and oxygen atoms in total. The number of anilines is 3. The molecule has 1 aliphatic heterocycles. The van der Waals surface area contributed by atoms with E-state index in [0.29, 0.717) is 0 Å². The van der Waals surface area contributed by atoms with E-state index >= 15 is 0 Å². The molecule has 1 aliphatic rings. The summed E-state index contributed by atoms with van der Waals surface area (Å²) in [6.07, 6.45) is 1.99. The number of aryl methyl sites for hydroxylation is 2. The third kappa shape index (κ3) is 2.44. The van der Waals surface area contributed by atoms with Crippen LogP contribution in [-0.2, 0) is 6.54 Å². The zero-order valence-corrected chi connectivity index (χ0v) is 12.7. The number of hydrogen-bond acceptors (Lipinski definition) is 4. The largest absolute Gasteiger partial charge is 0.491 e. The average molecular weight is 286 g/mol. The highest BCUT2D eigenvalue weighted by Gasteiger charge is 2.24. The molecule has 0 radical (unpaired) electrons. The molecule has 0 aliphatic carbocycles. The fourth-order valence-electron chi connectivity index (χ4n) is 2.78. The Kier molecular flexibility index (Phi) is 3.73. The summed E-state index contributed by atoms with van der Waals surface area (Å²) in [6, 6.07) is 8.13. The van der Waals surface area contributed by atoms with Crippen molar-refractivity contribution < 1.29 is 4.74 Å². The Bertz CT molecular complexity index is 635. The summed E-state index contributed by atoms with van der Waals surface area (Å²) >= 11 is 0. The van der Waals surface area contributed by atoms with E-state index in [1.807, 2.05) is 29.8 Å². The minimum Gasteiger partial charge on any atom is -0.491 e. The number of benzene rings is 1. The summed E-state index contributed by atoms with van der Waals surface area (Å²) in [5, 5.41) is 4.59. The second-order valence-electron chi connectivity index (χ2n) is 5.37. The highest BCUT2D eigenvalue weighted by atomic mass is 16.5. The van der Waals surface area contributed by atoms with Crippen LogP contribution in [-0.4, -0.2) is 22.9 Å². The Morgan fingerprint density at radius 3 is 2.95 bits per heavy atom. The van der Waals surface area contributed by atoms with E-state index in [2.05, 4.69) is 23.0 Å². The minimum atomic E-state index is 0.730. The van der Waals surface area contributed by atoms with Crippen molar-refractivity contribution >= 4 is 17.2 Å². The smallest absolute Gasteiger partial charge is 0.155 e. The number of aromatic nitrogens is 2. The molecule has 0 atom stereocenters. The van der Waals surface area contributed by atoms with Crippen LogP contribution in [0.15, 0.2) is 24.3 Å². The monoisotopic (exact) mass is 286 g/mol. The molecule has 2 N–H and O–H groups in total. The van der Waals surface area contributed by atoms with Gasteiger partial charge in [0.25, 0.3) is 0 Å². The van der Waals surface area contributed by atoms with E-state index in [-0.39, 0.29) is 0 Å². The first kappa shape index (κ1) is 13.8. The first-order valence-corrected chi connectivity index (χ1v) is 7.54. The van der Waals surface area contributed by atoms with Crippen molar-refractivity contribution in [1.82, 2.24) is 9.78 Å². The van der Waals surface area contributed by atoms with Crippen LogP contribution in [0.3, 0.4) is 0 Å². The SMILES string of the molecule is CCCn1nc(C)c(N)c1N1CCCOc2ccccc21. The van der Waals surface area contributed by atoms with Gasteiger partial charge in [-0.15, -0.1) is 0 Å². The predicted octanol–water partition coefficient (Wildman–Crippen LogP) is 3.10. The number of nitrogen functional groups attached to an aromatic ring is 1. The van der Waals surface area contributed by atoms with Gasteiger partial charge in [0.1, 0.15) is 5.75 Å². The first-order valence-electron chi connectivity index (χ1n) is 7.54. The topological polar surface area (TPSA) is 56.3 Å². The molecule has 2 aromatic rings. The Morgan fingerprint density at radius 2 is 2.14 bits per heavy atom. The van der Waals surface area contributed by atoms with Crippen LogP contribution in [0.5, 0.6) is 5.75 Å². The third-order valence-corrected chi connectivity index (χ3v) is 3.78. The van der Waals surface area contributed by atoms with Gasteiger partial charge in [0.05, 0.1) is 23.7 Å². The summed E-state index contributed by atoms with van der Waals surface area (Å²) in [6.45, 7) is 6.60. The number of nitrogens with zero attached hydrogens (tertiary/aromatic N) is 3. The Balaban J connectivity index is 2.11. The minimum absolute atomic E-state index is 0.730. The van der Waals surface area contributed by atoms with E-state index < -0.39 is 0 Å². The number of hydrogen-bond donors (Lipinski definition) is 1. The van der Waals surface area contributed by atoms with E-state index in [0.717, 1.165) is 61.2 Å². The summed E-state index contributed by atoms with van der Waals surface area (Å²) in [5.74, 6) is 1.91. The predicted molar refractivity (Wildman–Crippen MR) is 85.2 cm³/mol. The fourth-order valence-corrected chi connectivity index (χ4v) is 2.78. The Hall–Kier alpha value is -2.17. The van der Waals surface area contributed by atoms with E-state index in [1.165, 1.54) is 0 Å². The van der Waals surface area contributed by atoms with Gasteiger partial charge in [0.2, 0.25) is 0 Å². The lowest BCUT2D eigenvalue weighted by Crippen LogP contribution is -2.22. The maximum Gasteiger partial charge on any atom is 0.155 e. The normalized spacial score (nSPS) is 14.5. The molecule has 0 saturated carbocycles. The van der Waals surface area contributed by atoms with Crippen LogP contribution >= 0.6 is 0 Å². The van der Waals surface area contributed by atoms with Crippen LogP contribution in [0.25, 0.3) is 0 Å². The van der Waals surface area contributed by atoms with Crippen LogP contribution in [0, 0.1) is 6.92 Å². The molecule has 1 aromatic carbocycles. The van der Waals surface area contributed by atoms with Crippen molar-refractivity contribution in [3.63, 3.8) is 0 Å². The standard InChI is InChI=1S/C16H22N4O/c1-3-9-20-16(15(17)12(2)18-20)19-10-6-11-21-14-8-5-4-7-13(14)19/h4-5,7-8H,3,6,9-11,17H2,1-2H3. The number of nitrogens with two attached hydrogens (primary N) is 1. The van der Waals surface area contributed by atoms with Gasteiger partial charge in [-0.1, -0.05) is 19.1 Å². The van der Waals surface area contributed by atoms with Gasteiger partial charge in [-0.25, -0.2) is 4.68 Å². The van der Waals surface area contributed by atoms with Crippen LogP contribution < -0.4 is 15.4 Å². The molecule has 1 aromatic heterocycles. The molecule has 0 amide bonds. The van der Waals surface area contributed by atoms with Crippen LogP contribution in [0.2, 0.25) is 0 Å². The van der Waals surface area contributed by atoms with Crippen molar-refractivity contribution in [3.05, 3.63) is 30.0 Å². The molecule has 5 heteroatoms. The summed E-state index contributed by atoms with van der Waals surface area (Å²) in [7, 11) is 0.